The molecule has 1 aliphatic carbocycles. The van der Waals surface area contributed by atoms with Crippen molar-refractivity contribution in [3.05, 3.63) is 36.9 Å². The van der Waals surface area contributed by atoms with Gasteiger partial charge in [0.05, 0.1) is 34.1 Å². The maximum absolute atomic E-state index is 14.7. The molecule has 16 nitrogen and oxygen atoms in total. The van der Waals surface area contributed by atoms with Gasteiger partial charge in [-0.2, -0.15) is 0 Å². The highest BCUT2D eigenvalue weighted by atomic mass is 32.2. The lowest BCUT2D eigenvalue weighted by Gasteiger charge is -2.41. The number of hydrogen-bond acceptors (Lipinski definition) is 10. The van der Waals surface area contributed by atoms with E-state index in [1.165, 1.54) is 42.4 Å². The number of amides is 5. The third-order valence-electron chi connectivity index (χ3n) is 10.7. The lowest BCUT2D eigenvalue weighted by Crippen LogP contribution is -2.63. The van der Waals surface area contributed by atoms with Crippen molar-refractivity contribution in [3.8, 4) is 5.75 Å². The van der Waals surface area contributed by atoms with Crippen molar-refractivity contribution in [2.75, 3.05) is 26.0 Å². The number of Topliss-reactive ketones (excluding diaryl/α,β-unsaturated/α-hetero) is 1. The number of sulfonamides is 1. The Kier molecular flexibility index (Phi) is 16.5. The van der Waals surface area contributed by atoms with E-state index < -0.39 is 89.3 Å². The number of carbonyl (C=O) groups excluding carboxylic acids is 5. The number of sulfone groups is 1. The molecule has 2 fully saturated rings. The number of hydrogen-bond donors (Lipinski definition) is 5. The van der Waals surface area contributed by atoms with Crippen molar-refractivity contribution in [2.45, 2.75) is 146 Å². The van der Waals surface area contributed by atoms with Crippen molar-refractivity contribution in [3.63, 3.8) is 0 Å². The summed E-state index contributed by atoms with van der Waals surface area (Å²) in [4.78, 5) is 69.8. The summed E-state index contributed by atoms with van der Waals surface area (Å²) in [5.41, 5.74) is -2.03. The smallest absolute Gasteiger partial charge is 0.315 e. The summed E-state index contributed by atoms with van der Waals surface area (Å²) < 4.78 is 60.6. The van der Waals surface area contributed by atoms with Crippen molar-refractivity contribution in [1.82, 2.24) is 30.9 Å². The Morgan fingerprint density at radius 2 is 1.59 bits per heavy atom. The molecule has 1 aromatic carbocycles. The Morgan fingerprint density at radius 1 is 0.966 bits per heavy atom. The predicted molar refractivity (Wildman–Crippen MR) is 221 cm³/mol. The fraction of sp³-hybridized carbons (Fsp3) is 0.675. The van der Waals surface area contributed by atoms with E-state index in [1.54, 1.807) is 41.5 Å². The molecule has 1 aliphatic heterocycles. The van der Waals surface area contributed by atoms with Gasteiger partial charge in [0.25, 0.3) is 5.91 Å². The van der Waals surface area contributed by atoms with Gasteiger partial charge in [0, 0.05) is 19.1 Å². The average molecular weight is 853 g/mol. The molecule has 1 aromatic rings. The zero-order chi connectivity index (χ0) is 43.7. The van der Waals surface area contributed by atoms with E-state index in [-0.39, 0.29) is 36.6 Å². The van der Waals surface area contributed by atoms with Crippen LogP contribution < -0.4 is 30.7 Å². The van der Waals surface area contributed by atoms with Crippen molar-refractivity contribution in [1.29, 1.82) is 0 Å². The van der Waals surface area contributed by atoms with Gasteiger partial charge in [0.2, 0.25) is 27.6 Å². The fourth-order valence-electron chi connectivity index (χ4n) is 7.15. The Balaban J connectivity index is 1.99. The Hall–Kier alpha value is -4.03. The number of nitrogens with one attached hydrogen (secondary N) is 5. The first-order chi connectivity index (χ1) is 26.9. The summed E-state index contributed by atoms with van der Waals surface area (Å²) in [5, 5.41) is 10.8. The van der Waals surface area contributed by atoms with E-state index in [0.717, 1.165) is 6.42 Å². The minimum absolute atomic E-state index is 0.0300. The molecular weight excluding hydrogens is 789 g/mol. The Morgan fingerprint density at radius 3 is 2.12 bits per heavy atom. The van der Waals surface area contributed by atoms with Gasteiger partial charge in [-0.25, -0.2) is 26.4 Å². The van der Waals surface area contributed by atoms with Crippen LogP contribution in [0.3, 0.4) is 0 Å². The first-order valence-electron chi connectivity index (χ1n) is 19.9. The molecule has 0 bridgehead atoms. The van der Waals surface area contributed by atoms with Crippen molar-refractivity contribution < 1.29 is 45.5 Å². The summed E-state index contributed by atoms with van der Waals surface area (Å²) in [7, 11) is -6.39. The second-order valence-electron chi connectivity index (χ2n) is 17.4. The predicted octanol–water partition coefficient (Wildman–Crippen LogP) is 3.12. The molecule has 326 valence electrons. The monoisotopic (exact) mass is 852 g/mol. The largest absolute Gasteiger partial charge is 0.497 e. The van der Waals surface area contributed by atoms with Gasteiger partial charge in [0.1, 0.15) is 17.8 Å². The van der Waals surface area contributed by atoms with Gasteiger partial charge in [-0.1, -0.05) is 65.9 Å². The van der Waals surface area contributed by atoms with Crippen LogP contribution in [0.5, 0.6) is 5.75 Å². The molecule has 18 heteroatoms. The van der Waals surface area contributed by atoms with Crippen LogP contribution in [-0.2, 0) is 39.0 Å². The third-order valence-corrected chi connectivity index (χ3v) is 15.0. The zero-order valence-electron chi connectivity index (χ0n) is 35.2. The van der Waals surface area contributed by atoms with Gasteiger partial charge in [-0.15, -0.1) is 6.58 Å². The minimum Gasteiger partial charge on any atom is -0.497 e. The topological polar surface area (TPSA) is 226 Å². The Labute approximate surface area is 344 Å². The van der Waals surface area contributed by atoms with Crippen LogP contribution in [0.15, 0.2) is 41.8 Å². The summed E-state index contributed by atoms with van der Waals surface area (Å²) >= 11 is 0. The van der Waals surface area contributed by atoms with Crippen LogP contribution in [0.25, 0.3) is 0 Å². The van der Waals surface area contributed by atoms with E-state index in [2.05, 4.69) is 32.6 Å². The van der Waals surface area contributed by atoms with Crippen LogP contribution in [0.1, 0.15) is 106 Å². The minimum atomic E-state index is -4.17. The molecule has 0 spiro atoms. The lowest BCUT2D eigenvalue weighted by atomic mass is 9.83. The van der Waals surface area contributed by atoms with Gasteiger partial charge in [0.15, 0.2) is 9.84 Å². The van der Waals surface area contributed by atoms with Crippen LogP contribution in [0.4, 0.5) is 4.79 Å². The highest BCUT2D eigenvalue weighted by Gasteiger charge is 2.48. The number of ether oxygens (including phenoxy) is 1. The summed E-state index contributed by atoms with van der Waals surface area (Å²) in [5.74, 6) is -3.12. The molecule has 0 aromatic heterocycles. The standard InChI is InChI=1S/C40H64N6O10S2/c1-10-12-16-30(32(47)35(49)41-23-11-2)42-34(48)31-24-27(45-58(54,55)29-19-17-28(56-9)18-20-29)25-46(31)36(50)33(38(3,4)5)43-37(51)44-40(21-14-13-15-22-40)26-57(52,53)39(6,7)8/h11,17-20,27,30-31,33,45H,2,10,12-16,21-26H2,1,3-9H3,(H,41,49)(H,42,48)(H2,43,44,51)/t27-,30?,31+,33-/m1/s1. The molecule has 5 N–H and O–H groups in total. The number of rotatable bonds is 18. The molecule has 1 unspecified atom stereocenters. The molecule has 0 radical (unpaired) electrons. The first-order valence-corrected chi connectivity index (χ1v) is 23.0. The highest BCUT2D eigenvalue weighted by Crippen LogP contribution is 2.33. The van der Waals surface area contributed by atoms with Gasteiger partial charge in [-0.05, 0) is 76.1 Å². The average Bonchev–Trinajstić information content (AvgIpc) is 3.56. The number of nitrogens with zero attached hydrogens (tertiary/aromatic N) is 1. The number of methoxy groups -OCH3 is 1. The molecular formula is C40H64N6O10S2. The number of benzene rings is 1. The molecule has 5 amide bonds. The fourth-order valence-corrected chi connectivity index (χ4v) is 9.91. The van der Waals surface area contributed by atoms with Gasteiger partial charge in [-0.3, -0.25) is 19.2 Å². The van der Waals surface area contributed by atoms with E-state index in [1.807, 2.05) is 6.92 Å². The molecule has 1 heterocycles. The van der Waals surface area contributed by atoms with Crippen molar-refractivity contribution in [2.24, 2.45) is 5.41 Å². The van der Waals surface area contributed by atoms with Crippen molar-refractivity contribution >= 4 is 49.4 Å². The summed E-state index contributed by atoms with van der Waals surface area (Å²) in [6, 6.07) is 0.110. The van der Waals surface area contributed by atoms with Crippen LogP contribution in [0, 0.1) is 5.41 Å². The van der Waals surface area contributed by atoms with E-state index in [9.17, 15) is 40.8 Å². The van der Waals surface area contributed by atoms with Gasteiger partial charge < -0.3 is 30.9 Å². The molecule has 3 rings (SSSR count). The van der Waals surface area contributed by atoms with E-state index >= 15 is 0 Å². The second-order valence-corrected chi connectivity index (χ2v) is 21.9. The molecule has 4 atom stereocenters. The highest BCUT2D eigenvalue weighted by molar-refractivity contribution is 7.92. The lowest BCUT2D eigenvalue weighted by molar-refractivity contribution is -0.143. The van der Waals surface area contributed by atoms with Crippen LogP contribution >= 0.6 is 0 Å². The number of carbonyl (C=O) groups is 5. The SMILES string of the molecule is C=CCNC(=O)C(=O)C(CCCC)NC(=O)[C@@H]1C[C@@H](NS(=O)(=O)c2ccc(OC)cc2)CN1C(=O)[C@@H](NC(=O)NC1(CS(=O)(=O)C(C)(C)C)CCCCC1)C(C)(C)C. The number of unbranched alkanes of at least 4 members (excludes halogenated alkanes) is 1. The number of urea groups is 1. The normalized spacial score (nSPS) is 19.6. The van der Waals surface area contributed by atoms with Crippen LogP contribution in [-0.4, -0.2) is 112 Å². The summed E-state index contributed by atoms with van der Waals surface area (Å²) in [6.07, 6.45) is 5.65. The van der Waals surface area contributed by atoms with Gasteiger partial charge >= 0.3 is 6.03 Å². The number of likely N-dealkylation sites (tertiary alicyclic amines) is 1. The van der Waals surface area contributed by atoms with E-state index in [4.69, 9.17) is 4.74 Å². The van der Waals surface area contributed by atoms with E-state index in [0.29, 0.717) is 44.3 Å². The molecule has 1 saturated carbocycles. The van der Waals surface area contributed by atoms with Crippen LogP contribution in [0.2, 0.25) is 0 Å². The number of ketones is 1. The quantitative estimate of drug-likeness (QED) is 0.107. The third kappa shape index (κ3) is 12.7. The second kappa shape index (κ2) is 19.8. The first kappa shape index (κ1) is 48.3. The maximum atomic E-state index is 14.7. The zero-order valence-corrected chi connectivity index (χ0v) is 36.9. The molecule has 58 heavy (non-hydrogen) atoms. The molecule has 2 aliphatic rings. The Bertz CT molecular complexity index is 1870. The summed E-state index contributed by atoms with van der Waals surface area (Å²) in [6.45, 7) is 15.1. The maximum Gasteiger partial charge on any atom is 0.315 e. The molecule has 1 saturated heterocycles.